The number of hydrogen-bond acceptors (Lipinski definition) is 2. The average Bonchev–Trinajstić information content (AvgIpc) is 2.80. The Morgan fingerprint density at radius 3 is 2.59 bits per heavy atom. The van der Waals surface area contributed by atoms with Crippen LogP contribution < -0.4 is 5.32 Å². The molecule has 1 aromatic carbocycles. The fourth-order valence-corrected chi connectivity index (χ4v) is 2.36. The number of nitrogens with zero attached hydrogens (tertiary/aromatic N) is 1. The molecule has 1 aliphatic heterocycles. The van der Waals surface area contributed by atoms with E-state index in [9.17, 15) is 0 Å². The summed E-state index contributed by atoms with van der Waals surface area (Å²) in [4.78, 5) is 2.55. The van der Waals surface area contributed by atoms with Crippen molar-refractivity contribution < 1.29 is 0 Å². The van der Waals surface area contributed by atoms with E-state index in [2.05, 4.69) is 48.3 Å². The first-order chi connectivity index (χ1) is 8.24. The van der Waals surface area contributed by atoms with Crippen LogP contribution in [0.15, 0.2) is 24.3 Å². The van der Waals surface area contributed by atoms with Gasteiger partial charge in [-0.15, -0.1) is 0 Å². The van der Waals surface area contributed by atoms with Gasteiger partial charge in [0.05, 0.1) is 0 Å². The van der Waals surface area contributed by atoms with Crippen LogP contribution in [0.1, 0.15) is 37.8 Å². The van der Waals surface area contributed by atoms with E-state index in [0.29, 0.717) is 6.04 Å². The zero-order valence-corrected chi connectivity index (χ0v) is 11.1. The van der Waals surface area contributed by atoms with E-state index in [1.807, 2.05) is 0 Å². The highest BCUT2D eigenvalue weighted by Gasteiger charge is 2.11. The first kappa shape index (κ1) is 12.6. The van der Waals surface area contributed by atoms with Crippen molar-refractivity contribution in [2.75, 3.05) is 13.1 Å². The van der Waals surface area contributed by atoms with Crippen molar-refractivity contribution in [3.05, 3.63) is 35.4 Å². The van der Waals surface area contributed by atoms with Gasteiger partial charge in [-0.25, -0.2) is 0 Å². The van der Waals surface area contributed by atoms with Crippen LogP contribution in [0.3, 0.4) is 0 Å². The molecule has 0 saturated carbocycles. The van der Waals surface area contributed by atoms with Gasteiger partial charge in [-0.3, -0.25) is 4.90 Å². The lowest BCUT2D eigenvalue weighted by atomic mass is 10.1. The fourth-order valence-electron chi connectivity index (χ4n) is 2.36. The Hall–Kier alpha value is -0.860. The number of benzene rings is 1. The molecule has 1 fully saturated rings. The first-order valence-electron chi connectivity index (χ1n) is 6.77. The van der Waals surface area contributed by atoms with Gasteiger partial charge >= 0.3 is 0 Å². The molecular weight excluding hydrogens is 208 g/mol. The van der Waals surface area contributed by atoms with E-state index in [1.165, 1.54) is 37.1 Å². The summed E-state index contributed by atoms with van der Waals surface area (Å²) < 4.78 is 0. The molecule has 0 radical (unpaired) electrons. The number of likely N-dealkylation sites (tertiary alicyclic amines) is 1. The Bertz CT molecular complexity index is 341. The third-order valence-electron chi connectivity index (χ3n) is 3.31. The second-order valence-corrected chi connectivity index (χ2v) is 5.34. The molecular formula is C15H24N2. The summed E-state index contributed by atoms with van der Waals surface area (Å²) >= 11 is 0. The molecule has 0 spiro atoms. The van der Waals surface area contributed by atoms with Crippen molar-refractivity contribution in [2.24, 2.45) is 0 Å². The minimum Gasteiger partial charge on any atom is -0.310 e. The molecule has 1 saturated heterocycles. The monoisotopic (exact) mass is 232 g/mol. The van der Waals surface area contributed by atoms with Gasteiger partial charge in [0.2, 0.25) is 0 Å². The predicted octanol–water partition coefficient (Wildman–Crippen LogP) is 2.78. The summed E-state index contributed by atoms with van der Waals surface area (Å²) in [6.45, 7) is 9.02. The molecule has 1 aromatic rings. The fraction of sp³-hybridized carbons (Fsp3) is 0.600. The van der Waals surface area contributed by atoms with Crippen LogP contribution in [-0.4, -0.2) is 24.0 Å². The average molecular weight is 232 g/mol. The van der Waals surface area contributed by atoms with Gasteiger partial charge in [0.15, 0.2) is 0 Å². The van der Waals surface area contributed by atoms with Gasteiger partial charge in [0, 0.05) is 19.1 Å². The van der Waals surface area contributed by atoms with Gasteiger partial charge < -0.3 is 5.32 Å². The van der Waals surface area contributed by atoms with Gasteiger partial charge in [-0.2, -0.15) is 0 Å². The second-order valence-electron chi connectivity index (χ2n) is 5.34. The SMILES string of the molecule is CC(C)NCc1cccc(CN2CCCC2)c1. The minimum absolute atomic E-state index is 0.553. The van der Waals surface area contributed by atoms with Gasteiger partial charge in [0.25, 0.3) is 0 Å². The smallest absolute Gasteiger partial charge is 0.0233 e. The third-order valence-corrected chi connectivity index (χ3v) is 3.31. The summed E-state index contributed by atoms with van der Waals surface area (Å²) in [5.41, 5.74) is 2.85. The molecule has 0 aliphatic carbocycles. The van der Waals surface area contributed by atoms with Gasteiger partial charge in [0.1, 0.15) is 0 Å². The van der Waals surface area contributed by atoms with Crippen molar-refractivity contribution in [3.63, 3.8) is 0 Å². The first-order valence-corrected chi connectivity index (χ1v) is 6.77. The van der Waals surface area contributed by atoms with Crippen LogP contribution in [0.4, 0.5) is 0 Å². The highest BCUT2D eigenvalue weighted by Crippen LogP contribution is 2.13. The molecule has 0 amide bonds. The largest absolute Gasteiger partial charge is 0.310 e. The van der Waals surface area contributed by atoms with E-state index in [1.54, 1.807) is 0 Å². The Labute approximate surface area is 105 Å². The lowest BCUT2D eigenvalue weighted by Crippen LogP contribution is -2.22. The zero-order chi connectivity index (χ0) is 12.1. The molecule has 0 unspecified atom stereocenters. The predicted molar refractivity (Wildman–Crippen MR) is 72.9 cm³/mol. The van der Waals surface area contributed by atoms with E-state index < -0.39 is 0 Å². The molecule has 0 bridgehead atoms. The van der Waals surface area contributed by atoms with E-state index in [-0.39, 0.29) is 0 Å². The van der Waals surface area contributed by atoms with Crippen LogP contribution >= 0.6 is 0 Å². The van der Waals surface area contributed by atoms with Crippen molar-refractivity contribution in [2.45, 2.75) is 45.8 Å². The molecule has 1 heterocycles. The third kappa shape index (κ3) is 4.14. The van der Waals surface area contributed by atoms with E-state index in [4.69, 9.17) is 0 Å². The quantitative estimate of drug-likeness (QED) is 0.840. The molecule has 2 rings (SSSR count). The number of hydrogen-bond donors (Lipinski definition) is 1. The Kier molecular flexibility index (Phi) is 4.57. The minimum atomic E-state index is 0.553. The summed E-state index contributed by atoms with van der Waals surface area (Å²) in [5.74, 6) is 0. The molecule has 17 heavy (non-hydrogen) atoms. The Balaban J connectivity index is 1.91. The lowest BCUT2D eigenvalue weighted by Gasteiger charge is -2.15. The van der Waals surface area contributed by atoms with Crippen LogP contribution in [0.25, 0.3) is 0 Å². The molecule has 0 aromatic heterocycles. The topological polar surface area (TPSA) is 15.3 Å². The maximum Gasteiger partial charge on any atom is 0.0233 e. The Morgan fingerprint density at radius 1 is 1.18 bits per heavy atom. The molecule has 0 atom stereocenters. The maximum absolute atomic E-state index is 3.47. The van der Waals surface area contributed by atoms with Crippen LogP contribution in [0.5, 0.6) is 0 Å². The normalized spacial score (nSPS) is 16.9. The van der Waals surface area contributed by atoms with Crippen LogP contribution in [0, 0.1) is 0 Å². The molecule has 2 nitrogen and oxygen atoms in total. The molecule has 94 valence electrons. The number of rotatable bonds is 5. The van der Waals surface area contributed by atoms with Crippen molar-refractivity contribution >= 4 is 0 Å². The van der Waals surface area contributed by atoms with Crippen molar-refractivity contribution in [3.8, 4) is 0 Å². The highest BCUT2D eigenvalue weighted by atomic mass is 15.1. The van der Waals surface area contributed by atoms with Crippen LogP contribution in [0.2, 0.25) is 0 Å². The summed E-state index contributed by atoms with van der Waals surface area (Å²) in [7, 11) is 0. The van der Waals surface area contributed by atoms with Gasteiger partial charge in [-0.1, -0.05) is 38.1 Å². The van der Waals surface area contributed by atoms with E-state index in [0.717, 1.165) is 13.1 Å². The number of nitrogens with one attached hydrogen (secondary N) is 1. The highest BCUT2D eigenvalue weighted by molar-refractivity contribution is 5.23. The second kappa shape index (κ2) is 6.18. The summed E-state index contributed by atoms with van der Waals surface area (Å²) in [6, 6.07) is 9.54. The molecule has 1 aliphatic rings. The van der Waals surface area contributed by atoms with E-state index >= 15 is 0 Å². The van der Waals surface area contributed by atoms with Crippen molar-refractivity contribution in [1.29, 1.82) is 0 Å². The Morgan fingerprint density at radius 2 is 1.88 bits per heavy atom. The summed E-state index contributed by atoms with van der Waals surface area (Å²) in [5, 5.41) is 3.47. The lowest BCUT2D eigenvalue weighted by molar-refractivity contribution is 0.331. The van der Waals surface area contributed by atoms with Crippen LogP contribution in [-0.2, 0) is 13.1 Å². The van der Waals surface area contributed by atoms with Gasteiger partial charge in [-0.05, 0) is 37.1 Å². The van der Waals surface area contributed by atoms with Crippen molar-refractivity contribution in [1.82, 2.24) is 10.2 Å². The molecule has 2 heteroatoms. The maximum atomic E-state index is 3.47. The zero-order valence-electron chi connectivity index (χ0n) is 11.1. The standard InChI is InChI=1S/C15H24N2/c1-13(2)16-11-14-6-5-7-15(10-14)12-17-8-3-4-9-17/h5-7,10,13,16H,3-4,8-9,11-12H2,1-2H3. The summed E-state index contributed by atoms with van der Waals surface area (Å²) in [6.07, 6.45) is 2.74. The molecule has 1 N–H and O–H groups in total.